The predicted octanol–water partition coefficient (Wildman–Crippen LogP) is 5.47. The van der Waals surface area contributed by atoms with Gasteiger partial charge in [-0.25, -0.2) is 0 Å². The smallest absolute Gasteiger partial charge is 0.0134 e. The molecule has 2 aliphatic carbocycles. The van der Waals surface area contributed by atoms with Gasteiger partial charge < -0.3 is 0 Å². The molecule has 1 heteroatoms. The fourth-order valence-corrected chi connectivity index (χ4v) is 6.11. The van der Waals surface area contributed by atoms with Gasteiger partial charge in [0.15, 0.2) is 0 Å². The van der Waals surface area contributed by atoms with Crippen molar-refractivity contribution in [2.75, 3.05) is 0 Å². The molecule has 0 spiro atoms. The van der Waals surface area contributed by atoms with Gasteiger partial charge in [0.1, 0.15) is 0 Å². The standard InChI is InChI=1S/C25H23P/c1-18-14-19(2)24-16-23(17-25(24)20(3)15-18)26(21-10-6-4-7-11-21)22-12-8-5-9-13-22/h4-17H,1-3H3. The number of hydrogen-bond acceptors (Lipinski definition) is 0. The van der Waals surface area contributed by atoms with Gasteiger partial charge >= 0.3 is 0 Å². The Morgan fingerprint density at radius 3 is 1.35 bits per heavy atom. The zero-order chi connectivity index (χ0) is 18.1. The minimum absolute atomic E-state index is 0.544. The molecule has 0 nitrogen and oxygen atoms in total. The molecule has 128 valence electrons. The summed E-state index contributed by atoms with van der Waals surface area (Å²) >= 11 is 0. The van der Waals surface area contributed by atoms with Crippen LogP contribution in [0.3, 0.4) is 0 Å². The molecule has 2 aliphatic rings. The highest BCUT2D eigenvalue weighted by atomic mass is 31.1. The second kappa shape index (κ2) is 7.06. The summed E-state index contributed by atoms with van der Waals surface area (Å²) in [5, 5.41) is 4.24. The first-order valence-corrected chi connectivity index (χ1v) is 10.4. The third-order valence-electron chi connectivity index (χ3n) is 4.90. The van der Waals surface area contributed by atoms with Crippen LogP contribution >= 0.6 is 7.92 Å². The van der Waals surface area contributed by atoms with Crippen molar-refractivity contribution in [2.24, 2.45) is 0 Å². The van der Waals surface area contributed by atoms with Crippen LogP contribution < -0.4 is 15.9 Å². The van der Waals surface area contributed by atoms with Crippen molar-refractivity contribution in [3.8, 4) is 11.1 Å². The summed E-state index contributed by atoms with van der Waals surface area (Å²) in [6.07, 6.45) is 0. The molecule has 0 N–H and O–H groups in total. The van der Waals surface area contributed by atoms with Crippen LogP contribution in [0.25, 0.3) is 11.1 Å². The minimum Gasteiger partial charge on any atom is -0.0622 e. The van der Waals surface area contributed by atoms with E-state index < -0.39 is 7.92 Å². The van der Waals surface area contributed by atoms with Gasteiger partial charge in [0.05, 0.1) is 0 Å². The average Bonchev–Trinajstić information content (AvgIpc) is 3.05. The van der Waals surface area contributed by atoms with Gasteiger partial charge in [0.25, 0.3) is 0 Å². The van der Waals surface area contributed by atoms with Crippen molar-refractivity contribution in [1.82, 2.24) is 0 Å². The number of benzene rings is 2. The number of aryl methyl sites for hydroxylation is 3. The highest BCUT2D eigenvalue weighted by molar-refractivity contribution is 7.79. The SMILES string of the molecule is Cc1cc(C)c2cc(P(c3ccccc3)c3ccccc3)cc-2c(C)c1. The Labute approximate surface area is 157 Å². The molecule has 0 heterocycles. The van der Waals surface area contributed by atoms with Gasteiger partial charge in [-0.3, -0.25) is 0 Å². The molecule has 0 saturated heterocycles. The van der Waals surface area contributed by atoms with Gasteiger partial charge in [-0.2, -0.15) is 0 Å². The molecule has 26 heavy (non-hydrogen) atoms. The average molecular weight is 354 g/mol. The summed E-state index contributed by atoms with van der Waals surface area (Å²) in [5.74, 6) is 0. The predicted molar refractivity (Wildman–Crippen MR) is 116 cm³/mol. The van der Waals surface area contributed by atoms with Crippen LogP contribution in [-0.4, -0.2) is 0 Å². The summed E-state index contributed by atoms with van der Waals surface area (Å²) in [5.41, 5.74) is 6.79. The van der Waals surface area contributed by atoms with Crippen molar-refractivity contribution in [1.29, 1.82) is 0 Å². The Bertz CT molecular complexity index is 924. The van der Waals surface area contributed by atoms with E-state index in [2.05, 4.69) is 106 Å². The van der Waals surface area contributed by atoms with Crippen LogP contribution in [0.15, 0.2) is 84.9 Å². The van der Waals surface area contributed by atoms with E-state index in [9.17, 15) is 0 Å². The van der Waals surface area contributed by atoms with Crippen LogP contribution in [0.2, 0.25) is 0 Å². The topological polar surface area (TPSA) is 0 Å². The second-order valence-electron chi connectivity index (χ2n) is 6.95. The van der Waals surface area contributed by atoms with Crippen LogP contribution in [0, 0.1) is 20.8 Å². The number of fused-ring (bicyclic) bond motifs is 1. The largest absolute Gasteiger partial charge is 0.0622 e. The maximum absolute atomic E-state index is 2.42. The zero-order valence-corrected chi connectivity index (χ0v) is 16.4. The first-order chi connectivity index (χ1) is 12.6. The van der Waals surface area contributed by atoms with Crippen LogP contribution in [-0.2, 0) is 0 Å². The molecule has 0 fully saturated rings. The lowest BCUT2D eigenvalue weighted by atomic mass is 10.1. The van der Waals surface area contributed by atoms with E-state index in [1.807, 2.05) is 0 Å². The first-order valence-electron chi connectivity index (χ1n) is 9.05. The van der Waals surface area contributed by atoms with Gasteiger partial charge in [0.2, 0.25) is 0 Å². The maximum Gasteiger partial charge on any atom is -0.0134 e. The van der Waals surface area contributed by atoms with E-state index in [0.717, 1.165) is 0 Å². The summed E-state index contributed by atoms with van der Waals surface area (Å²) in [6.45, 7) is 6.64. The third-order valence-corrected chi connectivity index (χ3v) is 7.30. The lowest BCUT2D eigenvalue weighted by Gasteiger charge is -2.17. The van der Waals surface area contributed by atoms with Crippen LogP contribution in [0.5, 0.6) is 0 Å². The highest BCUT2D eigenvalue weighted by Crippen LogP contribution is 2.38. The van der Waals surface area contributed by atoms with Gasteiger partial charge in [-0.15, -0.1) is 0 Å². The quantitative estimate of drug-likeness (QED) is 0.428. The van der Waals surface area contributed by atoms with Crippen molar-refractivity contribution in [2.45, 2.75) is 20.8 Å². The Morgan fingerprint density at radius 2 is 0.923 bits per heavy atom. The van der Waals surface area contributed by atoms with Gasteiger partial charge in [-0.1, -0.05) is 78.4 Å². The van der Waals surface area contributed by atoms with Crippen LogP contribution in [0.4, 0.5) is 0 Å². The molecule has 2 aromatic rings. The van der Waals surface area contributed by atoms with Gasteiger partial charge in [0, 0.05) is 0 Å². The summed E-state index contributed by atoms with van der Waals surface area (Å²) < 4.78 is 0. The summed E-state index contributed by atoms with van der Waals surface area (Å²) in [4.78, 5) is 0. The Hall–Kier alpha value is -2.43. The molecule has 2 aromatic carbocycles. The molecular formula is C25H23P. The van der Waals surface area contributed by atoms with E-state index in [1.165, 1.54) is 43.7 Å². The van der Waals surface area contributed by atoms with E-state index in [0.29, 0.717) is 0 Å². The van der Waals surface area contributed by atoms with Crippen molar-refractivity contribution in [3.63, 3.8) is 0 Å². The Kier molecular flexibility index (Phi) is 4.62. The highest BCUT2D eigenvalue weighted by Gasteiger charge is 2.20. The summed E-state index contributed by atoms with van der Waals surface area (Å²) in [7, 11) is -0.544. The van der Waals surface area contributed by atoms with E-state index in [4.69, 9.17) is 0 Å². The second-order valence-corrected chi connectivity index (χ2v) is 9.17. The molecular weight excluding hydrogens is 331 g/mol. The third kappa shape index (κ3) is 3.18. The van der Waals surface area contributed by atoms with Crippen molar-refractivity contribution >= 4 is 23.8 Å². The molecule has 0 bridgehead atoms. The molecule has 0 amide bonds. The number of hydrogen-bond donors (Lipinski definition) is 0. The molecule has 0 radical (unpaired) electrons. The van der Waals surface area contributed by atoms with Crippen LogP contribution in [0.1, 0.15) is 16.7 Å². The monoisotopic (exact) mass is 354 g/mol. The first kappa shape index (κ1) is 17.0. The fraction of sp³-hybridized carbons (Fsp3) is 0.120. The molecule has 0 unspecified atom stereocenters. The van der Waals surface area contributed by atoms with Gasteiger partial charge in [-0.05, 0) is 79.0 Å². The lowest BCUT2D eigenvalue weighted by molar-refractivity contribution is 1.43. The molecule has 0 atom stereocenters. The van der Waals surface area contributed by atoms with E-state index in [-0.39, 0.29) is 0 Å². The fourth-order valence-electron chi connectivity index (χ4n) is 3.76. The zero-order valence-electron chi connectivity index (χ0n) is 15.5. The van der Waals surface area contributed by atoms with E-state index in [1.54, 1.807) is 0 Å². The molecule has 0 aliphatic heterocycles. The Morgan fingerprint density at radius 1 is 0.500 bits per heavy atom. The van der Waals surface area contributed by atoms with E-state index >= 15 is 0 Å². The normalized spacial score (nSPS) is 11.2. The maximum atomic E-state index is 2.42. The van der Waals surface area contributed by atoms with Crippen molar-refractivity contribution < 1.29 is 0 Å². The Balaban J connectivity index is 1.95. The lowest BCUT2D eigenvalue weighted by Crippen LogP contribution is -2.19. The van der Waals surface area contributed by atoms with Crippen molar-refractivity contribution in [3.05, 3.63) is 102 Å². The summed E-state index contributed by atoms with van der Waals surface area (Å²) in [6, 6.07) is 31.3. The minimum atomic E-state index is -0.544. The molecule has 0 saturated carbocycles. The molecule has 0 aromatic heterocycles. The number of rotatable bonds is 3. The molecule has 4 rings (SSSR count).